The summed E-state index contributed by atoms with van der Waals surface area (Å²) in [6, 6.07) is 5.77. The Hall–Kier alpha value is -0.720. The van der Waals surface area contributed by atoms with E-state index in [9.17, 15) is 8.78 Å². The molecule has 6 heteroatoms. The van der Waals surface area contributed by atoms with E-state index in [0.29, 0.717) is 13.0 Å². The van der Waals surface area contributed by atoms with Crippen LogP contribution >= 0.6 is 15.9 Å². The highest BCUT2D eigenvalue weighted by atomic mass is 79.9. The average Bonchev–Trinajstić information content (AvgIpc) is 2.41. The van der Waals surface area contributed by atoms with Crippen LogP contribution in [-0.2, 0) is 4.74 Å². The molecule has 114 valence electrons. The first-order valence-corrected chi connectivity index (χ1v) is 7.33. The quantitative estimate of drug-likeness (QED) is 0.686. The zero-order chi connectivity index (χ0) is 15.0. The summed E-state index contributed by atoms with van der Waals surface area (Å²) in [5, 5.41) is 3.16. The Morgan fingerprint density at radius 2 is 2.10 bits per heavy atom. The van der Waals surface area contributed by atoms with Crippen molar-refractivity contribution in [3.8, 4) is 5.75 Å². The Labute approximate surface area is 126 Å². The van der Waals surface area contributed by atoms with E-state index in [1.807, 2.05) is 32.2 Å². The standard InChI is InChI=1S/C14H20BrF2NO2/c1-3-20-13-5-4-10(15)8-11(13)12(18-2)6-7-19-9-14(16)17/h4-5,8,12,14,18H,3,6-7,9H2,1-2H3. The van der Waals surface area contributed by atoms with E-state index in [2.05, 4.69) is 21.2 Å². The number of alkyl halides is 2. The molecule has 20 heavy (non-hydrogen) atoms. The molecule has 1 aromatic carbocycles. The summed E-state index contributed by atoms with van der Waals surface area (Å²) in [5.74, 6) is 0.795. The SMILES string of the molecule is CCOc1ccc(Br)cc1C(CCOCC(F)F)NC. The van der Waals surface area contributed by atoms with Crippen molar-refractivity contribution in [3.63, 3.8) is 0 Å². The fourth-order valence-corrected chi connectivity index (χ4v) is 2.29. The molecule has 0 amide bonds. The summed E-state index contributed by atoms with van der Waals surface area (Å²) in [5.41, 5.74) is 0.990. The molecule has 0 fully saturated rings. The van der Waals surface area contributed by atoms with Crippen LogP contribution < -0.4 is 10.1 Å². The van der Waals surface area contributed by atoms with Gasteiger partial charge in [-0.05, 0) is 38.6 Å². The van der Waals surface area contributed by atoms with Gasteiger partial charge < -0.3 is 14.8 Å². The number of hydrogen-bond donors (Lipinski definition) is 1. The van der Waals surface area contributed by atoms with Crippen molar-refractivity contribution in [3.05, 3.63) is 28.2 Å². The second kappa shape index (κ2) is 9.26. The summed E-state index contributed by atoms with van der Waals surface area (Å²) in [4.78, 5) is 0. The van der Waals surface area contributed by atoms with Gasteiger partial charge in [0.2, 0.25) is 0 Å². The van der Waals surface area contributed by atoms with Crippen molar-refractivity contribution >= 4 is 15.9 Å². The highest BCUT2D eigenvalue weighted by Gasteiger charge is 2.15. The lowest BCUT2D eigenvalue weighted by atomic mass is 10.0. The number of nitrogens with one attached hydrogen (secondary N) is 1. The van der Waals surface area contributed by atoms with E-state index in [4.69, 9.17) is 9.47 Å². The Morgan fingerprint density at radius 1 is 1.35 bits per heavy atom. The molecule has 0 aromatic heterocycles. The first-order valence-electron chi connectivity index (χ1n) is 6.53. The van der Waals surface area contributed by atoms with Gasteiger partial charge in [-0.15, -0.1) is 0 Å². The maximum atomic E-state index is 12.0. The van der Waals surface area contributed by atoms with Crippen molar-refractivity contribution in [1.82, 2.24) is 5.32 Å². The molecule has 0 saturated carbocycles. The minimum atomic E-state index is -2.42. The maximum Gasteiger partial charge on any atom is 0.261 e. The molecule has 1 atom stereocenters. The molecule has 1 N–H and O–H groups in total. The largest absolute Gasteiger partial charge is 0.494 e. The Kier molecular flexibility index (Phi) is 8.02. The molecule has 3 nitrogen and oxygen atoms in total. The number of hydrogen-bond acceptors (Lipinski definition) is 3. The van der Waals surface area contributed by atoms with Gasteiger partial charge in [-0.1, -0.05) is 15.9 Å². The molecular weight excluding hydrogens is 332 g/mol. The second-order valence-corrected chi connectivity index (χ2v) is 5.13. The summed E-state index contributed by atoms with van der Waals surface area (Å²) >= 11 is 3.43. The van der Waals surface area contributed by atoms with Crippen molar-refractivity contribution < 1.29 is 18.3 Å². The normalized spacial score (nSPS) is 12.7. The second-order valence-electron chi connectivity index (χ2n) is 4.21. The van der Waals surface area contributed by atoms with Crippen molar-refractivity contribution in [2.45, 2.75) is 25.8 Å². The Morgan fingerprint density at radius 3 is 2.70 bits per heavy atom. The van der Waals surface area contributed by atoms with Crippen LogP contribution in [0, 0.1) is 0 Å². The number of rotatable bonds is 9. The average molecular weight is 352 g/mol. The minimum absolute atomic E-state index is 0.00766. The third-order valence-electron chi connectivity index (χ3n) is 2.79. The Balaban J connectivity index is 2.70. The van der Waals surface area contributed by atoms with Gasteiger partial charge in [-0.2, -0.15) is 0 Å². The highest BCUT2D eigenvalue weighted by molar-refractivity contribution is 9.10. The van der Waals surface area contributed by atoms with Crippen LogP contribution in [0.5, 0.6) is 5.75 Å². The lowest BCUT2D eigenvalue weighted by Gasteiger charge is -2.20. The van der Waals surface area contributed by atoms with E-state index in [-0.39, 0.29) is 12.6 Å². The monoisotopic (exact) mass is 351 g/mol. The summed E-state index contributed by atoms with van der Waals surface area (Å²) in [6.45, 7) is 2.25. The van der Waals surface area contributed by atoms with Crippen LogP contribution in [0.2, 0.25) is 0 Å². The number of ether oxygens (including phenoxy) is 2. The smallest absolute Gasteiger partial charge is 0.261 e. The molecule has 1 rings (SSSR count). The summed E-state index contributed by atoms with van der Waals surface area (Å²) in [7, 11) is 1.83. The molecule has 0 saturated heterocycles. The first-order chi connectivity index (χ1) is 9.58. The third kappa shape index (κ3) is 5.73. The zero-order valence-electron chi connectivity index (χ0n) is 11.7. The molecule has 0 aliphatic carbocycles. The van der Waals surface area contributed by atoms with Crippen LogP contribution in [0.3, 0.4) is 0 Å². The minimum Gasteiger partial charge on any atom is -0.494 e. The van der Waals surface area contributed by atoms with Crippen LogP contribution in [-0.4, -0.2) is 33.3 Å². The van der Waals surface area contributed by atoms with E-state index < -0.39 is 13.0 Å². The van der Waals surface area contributed by atoms with Gasteiger partial charge in [0.15, 0.2) is 0 Å². The van der Waals surface area contributed by atoms with E-state index in [0.717, 1.165) is 15.8 Å². The van der Waals surface area contributed by atoms with Crippen LogP contribution in [0.25, 0.3) is 0 Å². The fraction of sp³-hybridized carbons (Fsp3) is 0.571. The maximum absolute atomic E-state index is 12.0. The van der Waals surface area contributed by atoms with Crippen molar-refractivity contribution in [2.75, 3.05) is 26.9 Å². The van der Waals surface area contributed by atoms with Gasteiger partial charge in [0.25, 0.3) is 6.43 Å². The van der Waals surface area contributed by atoms with Gasteiger partial charge >= 0.3 is 0 Å². The lowest BCUT2D eigenvalue weighted by Crippen LogP contribution is -2.20. The summed E-state index contributed by atoms with van der Waals surface area (Å²) in [6.07, 6.45) is -1.83. The predicted octanol–water partition coefficient (Wildman–Crippen LogP) is 3.78. The molecule has 0 aliphatic rings. The molecule has 0 heterocycles. The fourth-order valence-electron chi connectivity index (χ4n) is 1.91. The van der Waals surface area contributed by atoms with Gasteiger partial charge in [-0.3, -0.25) is 0 Å². The lowest BCUT2D eigenvalue weighted by molar-refractivity contribution is 0.0145. The molecule has 0 spiro atoms. The van der Waals surface area contributed by atoms with Gasteiger partial charge in [0, 0.05) is 22.7 Å². The number of benzene rings is 1. The van der Waals surface area contributed by atoms with Gasteiger partial charge in [0.05, 0.1) is 6.61 Å². The first kappa shape index (κ1) is 17.3. The highest BCUT2D eigenvalue weighted by Crippen LogP contribution is 2.30. The molecule has 0 aliphatic heterocycles. The van der Waals surface area contributed by atoms with E-state index >= 15 is 0 Å². The van der Waals surface area contributed by atoms with Crippen LogP contribution in [0.15, 0.2) is 22.7 Å². The van der Waals surface area contributed by atoms with Gasteiger partial charge in [0.1, 0.15) is 12.4 Å². The van der Waals surface area contributed by atoms with Crippen LogP contribution in [0.4, 0.5) is 8.78 Å². The van der Waals surface area contributed by atoms with E-state index in [1.54, 1.807) is 0 Å². The molecule has 1 unspecified atom stereocenters. The molecular formula is C14H20BrF2NO2. The van der Waals surface area contributed by atoms with E-state index in [1.165, 1.54) is 0 Å². The topological polar surface area (TPSA) is 30.5 Å². The molecule has 1 aromatic rings. The van der Waals surface area contributed by atoms with Gasteiger partial charge in [-0.25, -0.2) is 8.78 Å². The van der Waals surface area contributed by atoms with Crippen LogP contribution in [0.1, 0.15) is 24.9 Å². The number of halogens is 3. The predicted molar refractivity (Wildman–Crippen MR) is 78.6 cm³/mol. The van der Waals surface area contributed by atoms with Crippen molar-refractivity contribution in [2.24, 2.45) is 0 Å². The summed E-state index contributed by atoms with van der Waals surface area (Å²) < 4.78 is 35.5. The molecule has 0 bridgehead atoms. The molecule has 0 radical (unpaired) electrons. The third-order valence-corrected chi connectivity index (χ3v) is 3.28. The van der Waals surface area contributed by atoms with Crippen molar-refractivity contribution in [1.29, 1.82) is 0 Å². The zero-order valence-corrected chi connectivity index (χ0v) is 13.3. The Bertz CT molecular complexity index is 405.